The maximum atomic E-state index is 12.4. The summed E-state index contributed by atoms with van der Waals surface area (Å²) in [4.78, 5) is 28.0. The number of ketones is 1. The minimum absolute atomic E-state index is 0.0115. The second-order valence-electron chi connectivity index (χ2n) is 7.14. The number of likely N-dealkylation sites (tertiary alicyclic amines) is 1. The van der Waals surface area contributed by atoms with E-state index < -0.39 is 11.7 Å². The molecule has 0 bridgehead atoms. The molecule has 0 unspecified atom stereocenters. The van der Waals surface area contributed by atoms with Gasteiger partial charge in [0.15, 0.2) is 5.78 Å². The molecule has 1 aliphatic heterocycles. The molecule has 1 saturated carbocycles. The van der Waals surface area contributed by atoms with Gasteiger partial charge in [0.1, 0.15) is 11.3 Å². The summed E-state index contributed by atoms with van der Waals surface area (Å²) < 4.78 is 5.43. The Hall–Kier alpha value is -1.52. The first-order valence-corrected chi connectivity index (χ1v) is 7.04. The summed E-state index contributed by atoms with van der Waals surface area (Å²) in [6.45, 7) is 6.09. The molecule has 1 spiro atoms. The van der Waals surface area contributed by atoms with E-state index in [0.29, 0.717) is 18.7 Å². The van der Waals surface area contributed by atoms with E-state index in [1.807, 2.05) is 34.9 Å². The van der Waals surface area contributed by atoms with Gasteiger partial charge in [0.2, 0.25) is 0 Å². The van der Waals surface area contributed by atoms with Crippen molar-refractivity contribution in [3.63, 3.8) is 0 Å². The molecule has 112 valence electrons. The minimum atomic E-state index is -0.558. The van der Waals surface area contributed by atoms with Crippen LogP contribution in [0.3, 0.4) is 0 Å². The Bertz CT molecular complexity index is 456. The molecule has 5 heteroatoms. The fourth-order valence-corrected chi connectivity index (χ4v) is 2.44. The predicted molar refractivity (Wildman–Crippen MR) is 76.0 cm³/mol. The summed E-state index contributed by atoms with van der Waals surface area (Å²) in [5.74, 6) is 0.0355. The first kappa shape index (κ1) is 14.9. The molecule has 1 saturated heterocycles. The van der Waals surface area contributed by atoms with Crippen molar-refractivity contribution in [1.82, 2.24) is 9.80 Å². The lowest BCUT2D eigenvalue weighted by atomic mass is 9.92. The first-order valence-electron chi connectivity index (χ1n) is 7.04. The molecule has 2 aliphatic rings. The third-order valence-corrected chi connectivity index (χ3v) is 3.56. The zero-order valence-corrected chi connectivity index (χ0v) is 13.0. The number of hydrogen-bond donors (Lipinski definition) is 0. The van der Waals surface area contributed by atoms with Gasteiger partial charge < -0.3 is 9.64 Å². The van der Waals surface area contributed by atoms with E-state index in [4.69, 9.17) is 4.74 Å². The molecule has 5 nitrogen and oxygen atoms in total. The standard InChI is InChI=1S/C15H24N2O3/c1-14(2,3)20-13(19)17-10-15(6-7-15)8-12(18)11(17)9-16(4)5/h9H,6-8,10H2,1-5H3/b11-9-. The van der Waals surface area contributed by atoms with E-state index in [1.165, 1.54) is 4.90 Å². The van der Waals surface area contributed by atoms with Crippen LogP contribution >= 0.6 is 0 Å². The Morgan fingerprint density at radius 1 is 1.35 bits per heavy atom. The van der Waals surface area contributed by atoms with Crippen LogP contribution in [0.25, 0.3) is 0 Å². The van der Waals surface area contributed by atoms with Crippen molar-refractivity contribution in [1.29, 1.82) is 0 Å². The van der Waals surface area contributed by atoms with Crippen molar-refractivity contribution < 1.29 is 14.3 Å². The molecular weight excluding hydrogens is 256 g/mol. The zero-order chi connectivity index (χ0) is 15.1. The van der Waals surface area contributed by atoms with Gasteiger partial charge in [0, 0.05) is 33.3 Å². The molecule has 20 heavy (non-hydrogen) atoms. The van der Waals surface area contributed by atoms with Crippen LogP contribution in [0.2, 0.25) is 0 Å². The van der Waals surface area contributed by atoms with E-state index in [9.17, 15) is 9.59 Å². The summed E-state index contributed by atoms with van der Waals surface area (Å²) in [7, 11) is 3.68. The molecule has 0 aromatic carbocycles. The number of allylic oxidation sites excluding steroid dienone is 1. The van der Waals surface area contributed by atoms with Gasteiger partial charge in [-0.25, -0.2) is 4.79 Å². The quantitative estimate of drug-likeness (QED) is 0.692. The monoisotopic (exact) mass is 280 g/mol. The summed E-state index contributed by atoms with van der Waals surface area (Å²) in [5.41, 5.74) is -0.100. The second kappa shape index (κ2) is 4.79. The van der Waals surface area contributed by atoms with Crippen molar-refractivity contribution in [2.45, 2.75) is 45.6 Å². The lowest BCUT2D eigenvalue weighted by Crippen LogP contribution is -2.46. The van der Waals surface area contributed by atoms with Crippen molar-refractivity contribution >= 4 is 11.9 Å². The number of amides is 1. The fourth-order valence-electron chi connectivity index (χ4n) is 2.44. The molecule has 0 N–H and O–H groups in total. The molecule has 1 amide bonds. The van der Waals surface area contributed by atoms with E-state index in [1.54, 1.807) is 11.1 Å². The molecule has 0 aromatic heterocycles. The van der Waals surface area contributed by atoms with Crippen molar-refractivity contribution in [2.75, 3.05) is 20.6 Å². The third-order valence-electron chi connectivity index (χ3n) is 3.56. The van der Waals surface area contributed by atoms with Gasteiger partial charge in [0.05, 0.1) is 0 Å². The second-order valence-corrected chi connectivity index (χ2v) is 7.14. The van der Waals surface area contributed by atoms with Crippen LogP contribution in [0.15, 0.2) is 11.9 Å². The van der Waals surface area contributed by atoms with Crippen LogP contribution in [0.5, 0.6) is 0 Å². The summed E-state index contributed by atoms with van der Waals surface area (Å²) in [6, 6.07) is 0. The predicted octanol–water partition coefficient (Wildman–Crippen LogP) is 2.38. The Labute approximate surface area is 120 Å². The smallest absolute Gasteiger partial charge is 0.414 e. The van der Waals surface area contributed by atoms with Crippen LogP contribution in [0.4, 0.5) is 4.79 Å². The molecular formula is C15H24N2O3. The maximum absolute atomic E-state index is 12.4. The number of nitrogens with zero attached hydrogens (tertiary/aromatic N) is 2. The molecule has 0 aromatic rings. The van der Waals surface area contributed by atoms with Gasteiger partial charge in [-0.05, 0) is 39.0 Å². The average molecular weight is 280 g/mol. The van der Waals surface area contributed by atoms with Crippen LogP contribution in [-0.4, -0.2) is 47.9 Å². The topological polar surface area (TPSA) is 49.9 Å². The minimum Gasteiger partial charge on any atom is -0.443 e. The van der Waals surface area contributed by atoms with Crippen LogP contribution in [0.1, 0.15) is 40.0 Å². The molecule has 1 aliphatic carbocycles. The highest BCUT2D eigenvalue weighted by atomic mass is 16.6. The number of piperidine rings is 1. The number of ether oxygens (including phenoxy) is 1. The lowest BCUT2D eigenvalue weighted by molar-refractivity contribution is -0.120. The highest BCUT2D eigenvalue weighted by molar-refractivity contribution is 5.99. The normalized spacial score (nSPS) is 23.1. The van der Waals surface area contributed by atoms with Crippen molar-refractivity contribution in [3.05, 3.63) is 11.9 Å². The third kappa shape index (κ3) is 3.32. The van der Waals surface area contributed by atoms with Crippen LogP contribution in [-0.2, 0) is 9.53 Å². The largest absolute Gasteiger partial charge is 0.443 e. The number of carbonyl (C=O) groups is 2. The number of rotatable bonds is 1. The van der Waals surface area contributed by atoms with E-state index in [-0.39, 0.29) is 11.2 Å². The highest BCUT2D eigenvalue weighted by Gasteiger charge is 2.52. The Morgan fingerprint density at radius 3 is 2.40 bits per heavy atom. The van der Waals surface area contributed by atoms with Crippen LogP contribution < -0.4 is 0 Å². The zero-order valence-electron chi connectivity index (χ0n) is 13.0. The first-order chi connectivity index (χ1) is 9.12. The molecule has 2 fully saturated rings. The number of Topliss-reactive ketones (excluding diaryl/α,β-unsaturated/α-hetero) is 1. The fraction of sp³-hybridized carbons (Fsp3) is 0.733. The molecule has 2 rings (SSSR count). The van der Waals surface area contributed by atoms with Gasteiger partial charge >= 0.3 is 6.09 Å². The Balaban J connectivity index is 2.24. The van der Waals surface area contributed by atoms with E-state index in [0.717, 1.165) is 12.8 Å². The van der Waals surface area contributed by atoms with Crippen molar-refractivity contribution in [3.8, 4) is 0 Å². The van der Waals surface area contributed by atoms with Gasteiger partial charge in [-0.1, -0.05) is 0 Å². The van der Waals surface area contributed by atoms with E-state index in [2.05, 4.69) is 0 Å². The number of carbonyl (C=O) groups excluding carboxylic acids is 2. The van der Waals surface area contributed by atoms with Gasteiger partial charge in [-0.3, -0.25) is 9.69 Å². The lowest BCUT2D eigenvalue weighted by Gasteiger charge is -2.35. The van der Waals surface area contributed by atoms with Gasteiger partial charge in [-0.15, -0.1) is 0 Å². The van der Waals surface area contributed by atoms with Crippen LogP contribution in [0, 0.1) is 5.41 Å². The number of hydrogen-bond acceptors (Lipinski definition) is 4. The molecule has 0 radical (unpaired) electrons. The highest BCUT2D eigenvalue weighted by Crippen LogP contribution is 2.52. The van der Waals surface area contributed by atoms with Gasteiger partial charge in [0.25, 0.3) is 0 Å². The Kier molecular flexibility index (Phi) is 3.56. The summed E-state index contributed by atoms with van der Waals surface area (Å²) in [5, 5.41) is 0. The molecule has 0 atom stereocenters. The average Bonchev–Trinajstić information content (AvgIpc) is 2.99. The summed E-state index contributed by atoms with van der Waals surface area (Å²) >= 11 is 0. The van der Waals surface area contributed by atoms with E-state index >= 15 is 0 Å². The SMILES string of the molecule is CN(C)/C=C1/C(=O)CC2(CC2)CN1C(=O)OC(C)(C)C. The summed E-state index contributed by atoms with van der Waals surface area (Å²) in [6.07, 6.45) is 3.87. The van der Waals surface area contributed by atoms with Crippen molar-refractivity contribution in [2.24, 2.45) is 5.41 Å². The maximum Gasteiger partial charge on any atom is 0.414 e. The molecule has 1 heterocycles. The van der Waals surface area contributed by atoms with Gasteiger partial charge in [-0.2, -0.15) is 0 Å². The Morgan fingerprint density at radius 2 is 1.95 bits per heavy atom.